The maximum Gasteiger partial charge on any atom is 0.352 e. The molecule has 0 fully saturated rings. The van der Waals surface area contributed by atoms with E-state index in [9.17, 15) is 19.4 Å². The first kappa shape index (κ1) is 32.2. The quantitative estimate of drug-likeness (QED) is 0.207. The molecule has 7 rings (SSSR count). The van der Waals surface area contributed by atoms with Crippen molar-refractivity contribution in [2.75, 3.05) is 13.2 Å². The van der Waals surface area contributed by atoms with E-state index in [2.05, 4.69) is 11.2 Å². The Morgan fingerprint density at radius 2 is 1.88 bits per heavy atom. The summed E-state index contributed by atoms with van der Waals surface area (Å²) in [6.07, 6.45) is 4.25. The van der Waals surface area contributed by atoms with Crippen LogP contribution in [0.2, 0.25) is 5.02 Å². The molecule has 9 nitrogen and oxygen atoms in total. The number of nitrogens with zero attached hydrogens (tertiary/aromatic N) is 5. The summed E-state index contributed by atoms with van der Waals surface area (Å²) >= 11 is 8.66. The predicted octanol–water partition coefficient (Wildman–Crippen LogP) is 6.96. The molecule has 2 N–H and O–H groups in total. The highest BCUT2D eigenvalue weighted by Gasteiger charge is 2.27. The number of carboxylic acid groups (broad SMARTS) is 1. The zero-order valence-corrected chi connectivity index (χ0v) is 28.2. The van der Waals surface area contributed by atoms with E-state index >= 15 is 0 Å². The Balaban J connectivity index is 1.37. The molecule has 0 saturated heterocycles. The van der Waals surface area contributed by atoms with Gasteiger partial charge in [-0.3, -0.25) is 9.36 Å². The summed E-state index contributed by atoms with van der Waals surface area (Å²) in [6.45, 7) is 0.153. The number of thioether (sulfide) groups is 1. The number of carboxylic acids is 1. The van der Waals surface area contributed by atoms with Gasteiger partial charge in [0.05, 0.1) is 41.3 Å². The van der Waals surface area contributed by atoms with Gasteiger partial charge in [0.1, 0.15) is 17.3 Å². The van der Waals surface area contributed by atoms with Gasteiger partial charge in [0.2, 0.25) is 0 Å². The fourth-order valence-corrected chi connectivity index (χ4v) is 8.05. The molecular weight excluding hydrogens is 653 g/mol. The second-order valence-electron chi connectivity index (χ2n) is 12.1. The molecule has 248 valence electrons. The van der Waals surface area contributed by atoms with Gasteiger partial charge in [0.25, 0.3) is 0 Å². The standard InChI is InChI=1S/C36H35ClFN5O4S/c1-41-26-7-5-21-14-22-16-24(38)6-8-27(22)31(15-21)47-13-3-4-28-29-9-10-30(37)32(34(29)43(11-12-44)35(28)36(45)46)33-23(18-39-42(33)2)19-48-20-25(17-26)40-41/h6,8-10,14-18,44H,3-5,7,11-13,19-20H2,1-2H3,(H,45,46). The van der Waals surface area contributed by atoms with E-state index in [1.807, 2.05) is 43.2 Å². The van der Waals surface area contributed by atoms with Gasteiger partial charge < -0.3 is 19.5 Å². The number of benzene rings is 3. The smallest absolute Gasteiger partial charge is 0.352 e. The third-order valence-electron chi connectivity index (χ3n) is 9.03. The van der Waals surface area contributed by atoms with Crippen molar-refractivity contribution in [2.45, 2.75) is 43.7 Å². The Bertz CT molecular complexity index is 2190. The van der Waals surface area contributed by atoms with Crippen LogP contribution in [0.1, 0.15) is 45.0 Å². The minimum atomic E-state index is -1.08. The van der Waals surface area contributed by atoms with Gasteiger partial charge >= 0.3 is 5.97 Å². The average molecular weight is 688 g/mol. The highest BCUT2D eigenvalue weighted by Crippen LogP contribution is 2.42. The predicted molar refractivity (Wildman–Crippen MR) is 187 cm³/mol. The zero-order valence-electron chi connectivity index (χ0n) is 26.7. The Morgan fingerprint density at radius 3 is 2.69 bits per heavy atom. The molecule has 12 heteroatoms. The average Bonchev–Trinajstić information content (AvgIpc) is 3.70. The first-order valence-electron chi connectivity index (χ1n) is 15.9. The second kappa shape index (κ2) is 13.3. The molecule has 6 aromatic rings. The van der Waals surface area contributed by atoms with Crippen LogP contribution in [0.3, 0.4) is 0 Å². The molecular formula is C36H35ClFN5O4S. The zero-order chi connectivity index (χ0) is 33.5. The Morgan fingerprint density at radius 1 is 1.04 bits per heavy atom. The molecule has 0 amide bonds. The highest BCUT2D eigenvalue weighted by molar-refractivity contribution is 7.97. The molecule has 0 atom stereocenters. The van der Waals surface area contributed by atoms with Gasteiger partial charge in [0, 0.05) is 59.7 Å². The number of hydrogen-bond acceptors (Lipinski definition) is 6. The fraction of sp³-hybridized carbons (Fsp3) is 0.306. The molecule has 0 unspecified atom stereocenters. The number of carbonyl (C=O) groups is 1. The molecule has 1 aliphatic heterocycles. The lowest BCUT2D eigenvalue weighted by Gasteiger charge is -2.14. The van der Waals surface area contributed by atoms with Crippen molar-refractivity contribution in [3.05, 3.63) is 99.3 Å². The molecule has 0 saturated carbocycles. The van der Waals surface area contributed by atoms with E-state index in [1.54, 1.807) is 33.1 Å². The molecule has 8 bridgehead atoms. The number of aliphatic hydroxyl groups excluding tert-OH is 1. The van der Waals surface area contributed by atoms with Crippen molar-refractivity contribution >= 4 is 51.0 Å². The van der Waals surface area contributed by atoms with E-state index in [1.165, 1.54) is 12.1 Å². The maximum absolute atomic E-state index is 14.3. The first-order chi connectivity index (χ1) is 23.2. The molecule has 0 radical (unpaired) electrons. The third-order valence-corrected chi connectivity index (χ3v) is 10.4. The number of aromatic carboxylic acids is 1. The van der Waals surface area contributed by atoms with E-state index in [0.717, 1.165) is 57.2 Å². The van der Waals surface area contributed by atoms with Crippen LogP contribution in [0.5, 0.6) is 5.75 Å². The summed E-state index contributed by atoms with van der Waals surface area (Å²) in [6, 6.07) is 14.5. The van der Waals surface area contributed by atoms with Crippen LogP contribution in [-0.2, 0) is 51.4 Å². The van der Waals surface area contributed by atoms with Crippen molar-refractivity contribution in [2.24, 2.45) is 14.1 Å². The van der Waals surface area contributed by atoms with Crippen molar-refractivity contribution in [1.82, 2.24) is 24.1 Å². The van der Waals surface area contributed by atoms with Gasteiger partial charge in [-0.2, -0.15) is 22.0 Å². The van der Waals surface area contributed by atoms with Gasteiger partial charge in [-0.25, -0.2) is 9.18 Å². The normalized spacial score (nSPS) is 14.2. The fourth-order valence-electron chi connectivity index (χ4n) is 6.92. The number of halogens is 2. The first-order valence-corrected chi connectivity index (χ1v) is 17.4. The molecule has 3 aromatic carbocycles. The minimum absolute atomic E-state index is 0.0846. The maximum atomic E-state index is 14.3. The van der Waals surface area contributed by atoms with Crippen LogP contribution in [-0.4, -0.2) is 53.5 Å². The molecule has 0 aliphatic carbocycles. The summed E-state index contributed by atoms with van der Waals surface area (Å²) in [4.78, 5) is 12.9. The van der Waals surface area contributed by atoms with Gasteiger partial charge in [0.15, 0.2) is 0 Å². The molecule has 48 heavy (non-hydrogen) atoms. The summed E-state index contributed by atoms with van der Waals surface area (Å²) < 4.78 is 26.0. The van der Waals surface area contributed by atoms with Crippen molar-refractivity contribution < 1.29 is 24.1 Å². The van der Waals surface area contributed by atoms with Crippen molar-refractivity contribution in [3.8, 4) is 17.0 Å². The van der Waals surface area contributed by atoms with Crippen molar-refractivity contribution in [1.29, 1.82) is 0 Å². The van der Waals surface area contributed by atoms with Crippen LogP contribution in [0.4, 0.5) is 4.39 Å². The summed E-state index contributed by atoms with van der Waals surface area (Å²) in [5.41, 5.74) is 6.98. The van der Waals surface area contributed by atoms with Crippen LogP contribution in [0.25, 0.3) is 32.9 Å². The Kier molecular flexibility index (Phi) is 8.93. The number of fused-ring (bicyclic) bond motifs is 8. The number of hydrogen-bond donors (Lipinski definition) is 2. The summed E-state index contributed by atoms with van der Waals surface area (Å²) in [5, 5.41) is 32.8. The number of ether oxygens (including phenoxy) is 1. The Labute approximate surface area is 285 Å². The molecule has 3 aromatic heterocycles. The topological polar surface area (TPSA) is 107 Å². The van der Waals surface area contributed by atoms with Crippen molar-refractivity contribution in [3.63, 3.8) is 0 Å². The van der Waals surface area contributed by atoms with Crippen LogP contribution >= 0.6 is 23.4 Å². The van der Waals surface area contributed by atoms with E-state index in [0.29, 0.717) is 58.4 Å². The van der Waals surface area contributed by atoms with Gasteiger partial charge in [-0.15, -0.1) is 0 Å². The highest BCUT2D eigenvalue weighted by atomic mass is 35.5. The van der Waals surface area contributed by atoms with Crippen LogP contribution in [0, 0.1) is 5.82 Å². The summed E-state index contributed by atoms with van der Waals surface area (Å²) in [5.74, 6) is 0.587. The lowest BCUT2D eigenvalue weighted by Crippen LogP contribution is -2.13. The molecule has 1 aliphatic rings. The Hall–Kier alpha value is -4.32. The SMILES string of the molecule is Cn1nc2cc1CCc1cc(c3ccc(F)cc3c1)OCCCc1c(C(=O)O)n(CCO)c3c(c(Cl)ccc13)-c1c(cnn1C)CSC2. The lowest BCUT2D eigenvalue weighted by atomic mass is 10.0. The van der Waals surface area contributed by atoms with E-state index in [4.69, 9.17) is 21.4 Å². The van der Waals surface area contributed by atoms with Crippen LogP contribution in [0.15, 0.2) is 54.7 Å². The van der Waals surface area contributed by atoms with Gasteiger partial charge in [-0.05, 0) is 78.6 Å². The van der Waals surface area contributed by atoms with E-state index < -0.39 is 5.97 Å². The summed E-state index contributed by atoms with van der Waals surface area (Å²) in [7, 11) is 3.81. The molecule has 4 heterocycles. The monoisotopic (exact) mass is 687 g/mol. The number of aryl methyl sites for hydroxylation is 5. The number of aliphatic hydroxyl groups is 1. The largest absolute Gasteiger partial charge is 0.493 e. The second-order valence-corrected chi connectivity index (χ2v) is 13.5. The number of rotatable bonds is 3. The molecule has 0 spiro atoms. The van der Waals surface area contributed by atoms with E-state index in [-0.39, 0.29) is 24.7 Å². The minimum Gasteiger partial charge on any atom is -0.493 e. The van der Waals surface area contributed by atoms with Crippen LogP contribution < -0.4 is 4.74 Å². The number of aromatic nitrogens is 5. The third kappa shape index (κ3) is 5.95. The van der Waals surface area contributed by atoms with Gasteiger partial charge in [-0.1, -0.05) is 23.7 Å². The lowest BCUT2D eigenvalue weighted by molar-refractivity contribution is 0.0683.